The second-order valence-corrected chi connectivity index (χ2v) is 8.15. The Morgan fingerprint density at radius 2 is 1.69 bits per heavy atom. The molecule has 0 saturated carbocycles. The minimum absolute atomic E-state index is 0.197. The van der Waals surface area contributed by atoms with Crippen LogP contribution in [0.5, 0.6) is 0 Å². The van der Waals surface area contributed by atoms with Crippen molar-refractivity contribution < 1.29 is 43.7 Å². The number of aryl methyl sites for hydroxylation is 1. The lowest BCUT2D eigenvalue weighted by molar-refractivity contribution is -0.152. The van der Waals surface area contributed by atoms with E-state index in [0.717, 1.165) is 11.9 Å². The van der Waals surface area contributed by atoms with Gasteiger partial charge in [0.15, 0.2) is 5.78 Å². The molecule has 1 aromatic carbocycles. The molecule has 1 aromatic heterocycles. The largest absolute Gasteiger partial charge is 0.481 e. The number of nitrogens with zero attached hydrogens (tertiary/aromatic N) is 4. The average Bonchev–Trinajstić information content (AvgIpc) is 3.30. The highest BCUT2D eigenvalue weighted by atomic mass is 19.1. The number of rotatable bonds is 15. The van der Waals surface area contributed by atoms with Crippen molar-refractivity contribution in [3.63, 3.8) is 0 Å². The highest BCUT2D eigenvalue weighted by molar-refractivity contribution is 5.99. The number of carboxylic acids is 3. The zero-order chi connectivity index (χ0) is 26.8. The van der Waals surface area contributed by atoms with Crippen LogP contribution in [0.15, 0.2) is 30.5 Å². The summed E-state index contributed by atoms with van der Waals surface area (Å²) in [7, 11) is 1.14. The second-order valence-electron chi connectivity index (χ2n) is 8.15. The number of carbonyl (C=O) groups is 5. The zero-order valence-electron chi connectivity index (χ0n) is 19.5. The number of amides is 1. The number of carboxylic acid groups (broad SMARTS) is 3. The molecule has 36 heavy (non-hydrogen) atoms. The third-order valence-corrected chi connectivity index (χ3v) is 5.50. The number of likely N-dealkylation sites (N-methyl/N-ethyl adjacent to an activating group) is 1. The SMILES string of the molecule is CN(C(=O)[C@H](CC(=O)O)CC(=O)c1ccc(-n2cc(CCCF)nn2)cc1)[C@@H](CCC(=O)O)C(=O)O. The maximum atomic E-state index is 12.9. The summed E-state index contributed by atoms with van der Waals surface area (Å²) in [5.74, 6) is -6.80. The van der Waals surface area contributed by atoms with Gasteiger partial charge in [0.25, 0.3) is 0 Å². The summed E-state index contributed by atoms with van der Waals surface area (Å²) in [5, 5.41) is 35.3. The maximum Gasteiger partial charge on any atom is 0.326 e. The molecule has 194 valence electrons. The minimum Gasteiger partial charge on any atom is -0.481 e. The normalized spacial score (nSPS) is 12.5. The Balaban J connectivity index is 2.14. The van der Waals surface area contributed by atoms with E-state index in [1.165, 1.54) is 16.8 Å². The van der Waals surface area contributed by atoms with Crippen molar-refractivity contribution in [1.82, 2.24) is 19.9 Å². The maximum absolute atomic E-state index is 12.9. The van der Waals surface area contributed by atoms with Crippen molar-refractivity contribution in [2.45, 2.75) is 44.6 Å². The third-order valence-electron chi connectivity index (χ3n) is 5.50. The summed E-state index contributed by atoms with van der Waals surface area (Å²) in [4.78, 5) is 60.2. The van der Waals surface area contributed by atoms with Crippen LogP contribution in [0.1, 0.15) is 48.2 Å². The first-order chi connectivity index (χ1) is 17.0. The van der Waals surface area contributed by atoms with Crippen LogP contribution in [-0.2, 0) is 25.6 Å². The van der Waals surface area contributed by atoms with Crippen LogP contribution in [0.2, 0.25) is 0 Å². The number of Topliss-reactive ketones (excluding diaryl/α,β-unsaturated/α-hetero) is 1. The number of aliphatic carboxylic acids is 3. The van der Waals surface area contributed by atoms with Crippen LogP contribution in [0.3, 0.4) is 0 Å². The molecule has 0 aliphatic carbocycles. The molecule has 0 radical (unpaired) electrons. The summed E-state index contributed by atoms with van der Waals surface area (Å²) in [6, 6.07) is 4.61. The van der Waals surface area contributed by atoms with Gasteiger partial charge < -0.3 is 20.2 Å². The zero-order valence-corrected chi connectivity index (χ0v) is 19.5. The van der Waals surface area contributed by atoms with E-state index >= 15 is 0 Å². The molecule has 3 N–H and O–H groups in total. The summed E-state index contributed by atoms with van der Waals surface area (Å²) in [5.41, 5.74) is 1.38. The lowest BCUT2D eigenvalue weighted by Gasteiger charge is -2.28. The van der Waals surface area contributed by atoms with Crippen molar-refractivity contribution in [3.8, 4) is 5.69 Å². The van der Waals surface area contributed by atoms with Crippen molar-refractivity contribution in [2.24, 2.45) is 5.92 Å². The van der Waals surface area contributed by atoms with Gasteiger partial charge >= 0.3 is 17.9 Å². The highest BCUT2D eigenvalue weighted by Gasteiger charge is 2.33. The molecule has 0 aliphatic heterocycles. The van der Waals surface area contributed by atoms with Gasteiger partial charge in [-0.2, -0.15) is 0 Å². The first-order valence-electron chi connectivity index (χ1n) is 11.1. The Morgan fingerprint density at radius 3 is 2.25 bits per heavy atom. The fourth-order valence-corrected chi connectivity index (χ4v) is 3.57. The summed E-state index contributed by atoms with van der Waals surface area (Å²) in [6.45, 7) is -0.468. The van der Waals surface area contributed by atoms with E-state index in [2.05, 4.69) is 10.3 Å². The number of halogens is 1. The van der Waals surface area contributed by atoms with E-state index in [0.29, 0.717) is 24.2 Å². The van der Waals surface area contributed by atoms with Crippen LogP contribution in [0, 0.1) is 5.92 Å². The molecule has 0 aliphatic rings. The first-order valence-corrected chi connectivity index (χ1v) is 11.1. The topological polar surface area (TPSA) is 180 Å². The summed E-state index contributed by atoms with van der Waals surface area (Å²) in [6.07, 6.45) is 0.305. The predicted octanol–water partition coefficient (Wildman–Crippen LogP) is 1.61. The second kappa shape index (κ2) is 13.1. The smallest absolute Gasteiger partial charge is 0.326 e. The standard InChI is InChI=1S/C23H27FN4O8/c1-27(18(23(35)36)8-9-20(30)31)22(34)15(12-21(32)33)11-19(29)14-4-6-17(7-5-14)28-13-16(25-26-28)3-2-10-24/h4-7,13,15,18H,2-3,8-12H2,1H3,(H,30,31)(H,32,33)(H,35,36)/t15-,18-/m0/s1. The molecule has 2 rings (SSSR count). The van der Waals surface area contributed by atoms with E-state index in [1.807, 2.05) is 0 Å². The molecule has 2 atom stereocenters. The Kier molecular flexibility index (Phi) is 10.2. The summed E-state index contributed by atoms with van der Waals surface area (Å²) >= 11 is 0. The van der Waals surface area contributed by atoms with E-state index in [4.69, 9.17) is 5.11 Å². The van der Waals surface area contributed by atoms with Crippen molar-refractivity contribution in [1.29, 1.82) is 0 Å². The quantitative estimate of drug-likeness (QED) is 0.300. The Labute approximate surface area is 205 Å². The first kappa shape index (κ1) is 28.1. The molecular weight excluding hydrogens is 479 g/mol. The molecular formula is C23H27FN4O8. The number of aromatic nitrogens is 3. The molecule has 0 bridgehead atoms. The van der Waals surface area contributed by atoms with Crippen LogP contribution in [-0.4, -0.2) is 84.6 Å². The fraction of sp³-hybridized carbons (Fsp3) is 0.435. The molecule has 12 nitrogen and oxygen atoms in total. The average molecular weight is 506 g/mol. The van der Waals surface area contributed by atoms with Crippen molar-refractivity contribution in [3.05, 3.63) is 41.7 Å². The number of carbonyl (C=O) groups excluding carboxylic acids is 2. The van der Waals surface area contributed by atoms with Gasteiger partial charge in [-0.15, -0.1) is 5.10 Å². The molecule has 2 aromatic rings. The Hall–Kier alpha value is -4.16. The van der Waals surface area contributed by atoms with Crippen LogP contribution >= 0.6 is 0 Å². The van der Waals surface area contributed by atoms with E-state index in [-0.39, 0.29) is 12.0 Å². The van der Waals surface area contributed by atoms with E-state index in [1.54, 1.807) is 18.3 Å². The lowest BCUT2D eigenvalue weighted by Crippen LogP contribution is -2.46. The molecule has 1 amide bonds. The molecule has 0 spiro atoms. The van der Waals surface area contributed by atoms with Gasteiger partial charge in [0.2, 0.25) is 5.91 Å². The van der Waals surface area contributed by atoms with Crippen LogP contribution < -0.4 is 0 Å². The molecule has 0 saturated heterocycles. The van der Waals surface area contributed by atoms with Gasteiger partial charge in [-0.25, -0.2) is 9.48 Å². The Bertz CT molecular complexity index is 1100. The number of alkyl halides is 1. The van der Waals surface area contributed by atoms with Gasteiger partial charge in [0.05, 0.1) is 36.6 Å². The highest BCUT2D eigenvalue weighted by Crippen LogP contribution is 2.20. The van der Waals surface area contributed by atoms with Gasteiger partial charge in [-0.05, 0) is 43.5 Å². The number of hydrogen-bond acceptors (Lipinski definition) is 7. The molecule has 0 unspecified atom stereocenters. The van der Waals surface area contributed by atoms with E-state index in [9.17, 15) is 38.6 Å². The monoisotopic (exact) mass is 506 g/mol. The molecule has 13 heteroatoms. The number of ketones is 1. The predicted molar refractivity (Wildman–Crippen MR) is 121 cm³/mol. The molecule has 1 heterocycles. The number of benzene rings is 1. The van der Waals surface area contributed by atoms with Gasteiger partial charge in [-0.1, -0.05) is 5.21 Å². The minimum atomic E-state index is -1.49. The lowest BCUT2D eigenvalue weighted by atomic mass is 9.93. The van der Waals surface area contributed by atoms with Gasteiger partial charge in [-0.3, -0.25) is 23.6 Å². The fourth-order valence-electron chi connectivity index (χ4n) is 3.57. The van der Waals surface area contributed by atoms with Crippen molar-refractivity contribution in [2.75, 3.05) is 13.7 Å². The van der Waals surface area contributed by atoms with E-state index < -0.39 is 67.5 Å². The van der Waals surface area contributed by atoms with Gasteiger partial charge in [0.1, 0.15) is 6.04 Å². The van der Waals surface area contributed by atoms with Crippen molar-refractivity contribution >= 4 is 29.6 Å². The molecule has 0 fully saturated rings. The van der Waals surface area contributed by atoms with Gasteiger partial charge in [0, 0.05) is 25.5 Å². The number of hydrogen-bond donors (Lipinski definition) is 3. The van der Waals surface area contributed by atoms with Crippen LogP contribution in [0.25, 0.3) is 5.69 Å². The Morgan fingerprint density at radius 1 is 1.03 bits per heavy atom. The van der Waals surface area contributed by atoms with Crippen LogP contribution in [0.4, 0.5) is 4.39 Å². The third kappa shape index (κ3) is 7.96. The summed E-state index contributed by atoms with van der Waals surface area (Å²) < 4.78 is 13.8.